The van der Waals surface area contributed by atoms with Gasteiger partial charge in [-0.3, -0.25) is 4.79 Å². The van der Waals surface area contributed by atoms with Crippen molar-refractivity contribution in [1.82, 2.24) is 14.9 Å². The number of anilines is 1. The minimum Gasteiger partial charge on any atom is -0.378 e. The molecule has 2 aliphatic rings. The Kier molecular flexibility index (Phi) is 4.47. The SMILES string of the molecule is CC.O=C1NCCn2c(N3CCOCC3)nc3cc(F)cc1c32.[HH]. The molecule has 7 heteroatoms. The van der Waals surface area contributed by atoms with Crippen LogP contribution in [0.2, 0.25) is 0 Å². The van der Waals surface area contributed by atoms with Crippen LogP contribution in [-0.2, 0) is 11.3 Å². The molecule has 2 aliphatic heterocycles. The summed E-state index contributed by atoms with van der Waals surface area (Å²) < 4.78 is 21.1. The molecule has 1 aromatic heterocycles. The van der Waals surface area contributed by atoms with Crippen LogP contribution in [0.3, 0.4) is 0 Å². The fraction of sp³-hybridized carbons (Fsp3) is 0.500. The van der Waals surface area contributed by atoms with Crippen molar-refractivity contribution in [1.29, 1.82) is 0 Å². The lowest BCUT2D eigenvalue weighted by molar-refractivity contribution is 0.0956. The van der Waals surface area contributed by atoms with E-state index in [4.69, 9.17) is 4.74 Å². The van der Waals surface area contributed by atoms with Crippen LogP contribution in [0, 0.1) is 5.82 Å². The fourth-order valence-electron chi connectivity index (χ4n) is 2.99. The maximum Gasteiger partial charge on any atom is 0.253 e. The van der Waals surface area contributed by atoms with Gasteiger partial charge in [-0.25, -0.2) is 9.37 Å². The van der Waals surface area contributed by atoms with Crippen molar-refractivity contribution in [3.05, 3.63) is 23.5 Å². The Labute approximate surface area is 135 Å². The molecule has 0 bridgehead atoms. The number of hydrogen-bond acceptors (Lipinski definition) is 4. The quantitative estimate of drug-likeness (QED) is 0.873. The van der Waals surface area contributed by atoms with Crippen LogP contribution in [-0.4, -0.2) is 48.3 Å². The molecule has 0 spiro atoms. The third kappa shape index (κ3) is 2.76. The zero-order chi connectivity index (χ0) is 16.4. The average Bonchev–Trinajstić information content (AvgIpc) is 2.86. The molecule has 2 aromatic rings. The van der Waals surface area contributed by atoms with Gasteiger partial charge in [-0.05, 0) is 6.07 Å². The number of rotatable bonds is 1. The third-order valence-electron chi connectivity index (χ3n) is 3.95. The zero-order valence-corrected chi connectivity index (χ0v) is 13.4. The number of carbonyl (C=O) groups excluding carboxylic acids is 1. The van der Waals surface area contributed by atoms with Crippen LogP contribution in [0.5, 0.6) is 0 Å². The van der Waals surface area contributed by atoms with Crippen molar-refractivity contribution < 1.29 is 15.3 Å². The van der Waals surface area contributed by atoms with E-state index in [-0.39, 0.29) is 7.33 Å². The summed E-state index contributed by atoms with van der Waals surface area (Å²) in [4.78, 5) is 18.8. The molecule has 1 fully saturated rings. The van der Waals surface area contributed by atoms with Gasteiger partial charge >= 0.3 is 0 Å². The maximum atomic E-state index is 13.7. The summed E-state index contributed by atoms with van der Waals surface area (Å²) in [6, 6.07) is 2.67. The standard InChI is InChI=1S/C14H15FN4O2.C2H6.H2/c15-9-7-10-12-11(8-9)17-14(18-3-5-21-6-4-18)19(12)2-1-16-13(10)20;1-2;/h7-8H,1-6H2,(H,16,20);1-2H3;1H. The predicted octanol–water partition coefficient (Wildman–Crippen LogP) is 2.03. The summed E-state index contributed by atoms with van der Waals surface area (Å²) in [6.45, 7) is 7.96. The molecule has 0 radical (unpaired) electrons. The summed E-state index contributed by atoms with van der Waals surface area (Å²) in [5, 5.41) is 2.80. The highest BCUT2D eigenvalue weighted by molar-refractivity contribution is 6.06. The van der Waals surface area contributed by atoms with E-state index in [1.165, 1.54) is 12.1 Å². The molecule has 0 atom stereocenters. The normalized spacial score (nSPS) is 17.3. The first-order valence-corrected chi connectivity index (χ1v) is 8.05. The van der Waals surface area contributed by atoms with Crippen molar-refractivity contribution in [2.45, 2.75) is 20.4 Å². The van der Waals surface area contributed by atoms with Crippen LogP contribution in [0.4, 0.5) is 10.3 Å². The molecule has 3 heterocycles. The molecular formula is C16H23FN4O2. The van der Waals surface area contributed by atoms with Crippen molar-refractivity contribution >= 4 is 22.9 Å². The van der Waals surface area contributed by atoms with E-state index in [0.717, 1.165) is 19.0 Å². The van der Waals surface area contributed by atoms with Gasteiger partial charge in [-0.15, -0.1) is 0 Å². The third-order valence-corrected chi connectivity index (χ3v) is 3.95. The molecule has 1 aromatic carbocycles. The Morgan fingerprint density at radius 3 is 2.74 bits per heavy atom. The Hall–Kier alpha value is -2.15. The molecular weight excluding hydrogens is 299 g/mol. The number of amides is 1. The second kappa shape index (κ2) is 6.54. The molecule has 126 valence electrons. The fourth-order valence-corrected chi connectivity index (χ4v) is 2.99. The minimum absolute atomic E-state index is 0. The number of nitrogens with zero attached hydrogens (tertiary/aromatic N) is 3. The largest absolute Gasteiger partial charge is 0.378 e. The van der Waals surface area contributed by atoms with Crippen LogP contribution < -0.4 is 10.2 Å². The van der Waals surface area contributed by atoms with E-state index in [9.17, 15) is 9.18 Å². The smallest absolute Gasteiger partial charge is 0.253 e. The van der Waals surface area contributed by atoms with E-state index in [2.05, 4.69) is 15.2 Å². The summed E-state index contributed by atoms with van der Waals surface area (Å²) in [6.07, 6.45) is 0. The molecule has 6 nitrogen and oxygen atoms in total. The van der Waals surface area contributed by atoms with Crippen LogP contribution in [0.15, 0.2) is 12.1 Å². The summed E-state index contributed by atoms with van der Waals surface area (Å²) in [5.74, 6) is 0.107. The van der Waals surface area contributed by atoms with Gasteiger partial charge in [0.15, 0.2) is 0 Å². The van der Waals surface area contributed by atoms with Crippen molar-refractivity contribution in [3.8, 4) is 0 Å². The highest BCUT2D eigenvalue weighted by Gasteiger charge is 2.25. The lowest BCUT2D eigenvalue weighted by atomic mass is 10.1. The summed E-state index contributed by atoms with van der Waals surface area (Å²) >= 11 is 0. The summed E-state index contributed by atoms with van der Waals surface area (Å²) in [7, 11) is 0. The number of imidazole rings is 1. The summed E-state index contributed by atoms with van der Waals surface area (Å²) in [5.41, 5.74) is 1.60. The number of hydrogen-bond donors (Lipinski definition) is 1. The average molecular weight is 322 g/mol. The number of aromatic nitrogens is 2. The Bertz CT molecular complexity index is 728. The number of nitrogens with one attached hydrogen (secondary N) is 1. The Morgan fingerprint density at radius 2 is 2.00 bits per heavy atom. The number of halogens is 1. The predicted molar refractivity (Wildman–Crippen MR) is 88.5 cm³/mol. The van der Waals surface area contributed by atoms with E-state index in [1.807, 2.05) is 18.4 Å². The van der Waals surface area contributed by atoms with E-state index in [1.54, 1.807) is 0 Å². The number of morpholine rings is 1. The molecule has 1 N–H and O–H groups in total. The van der Waals surface area contributed by atoms with Gasteiger partial charge in [0.2, 0.25) is 5.95 Å². The highest BCUT2D eigenvalue weighted by atomic mass is 19.1. The minimum atomic E-state index is -0.437. The topological polar surface area (TPSA) is 59.4 Å². The number of carbonyl (C=O) groups is 1. The number of ether oxygens (including phenoxy) is 1. The van der Waals surface area contributed by atoms with Gasteiger partial charge in [0.1, 0.15) is 5.82 Å². The second-order valence-corrected chi connectivity index (χ2v) is 5.24. The monoisotopic (exact) mass is 322 g/mol. The molecule has 4 rings (SSSR count). The maximum absolute atomic E-state index is 13.7. The van der Waals surface area contributed by atoms with Crippen LogP contribution in [0.25, 0.3) is 11.0 Å². The van der Waals surface area contributed by atoms with Gasteiger partial charge in [-0.1, -0.05) is 13.8 Å². The second-order valence-electron chi connectivity index (χ2n) is 5.24. The van der Waals surface area contributed by atoms with E-state index >= 15 is 0 Å². The molecule has 0 unspecified atom stereocenters. The zero-order valence-electron chi connectivity index (χ0n) is 13.4. The lowest BCUT2D eigenvalue weighted by Gasteiger charge is -2.28. The molecule has 0 saturated carbocycles. The van der Waals surface area contributed by atoms with Crippen LogP contribution in [0.1, 0.15) is 25.6 Å². The van der Waals surface area contributed by atoms with Gasteiger partial charge < -0.3 is 19.5 Å². The molecule has 1 amide bonds. The first kappa shape index (κ1) is 15.7. The van der Waals surface area contributed by atoms with Gasteiger partial charge in [0, 0.05) is 33.7 Å². The Balaban J connectivity index is 0.000000670. The lowest BCUT2D eigenvalue weighted by Crippen LogP contribution is -2.38. The van der Waals surface area contributed by atoms with Gasteiger partial charge in [0.05, 0.1) is 29.8 Å². The van der Waals surface area contributed by atoms with Crippen molar-refractivity contribution in [2.24, 2.45) is 0 Å². The van der Waals surface area contributed by atoms with E-state index < -0.39 is 5.82 Å². The molecule has 1 saturated heterocycles. The van der Waals surface area contributed by atoms with Crippen LogP contribution >= 0.6 is 0 Å². The van der Waals surface area contributed by atoms with Gasteiger partial charge in [-0.2, -0.15) is 0 Å². The molecule has 0 aliphatic carbocycles. The first-order valence-electron chi connectivity index (χ1n) is 8.05. The van der Waals surface area contributed by atoms with E-state index in [0.29, 0.717) is 42.9 Å². The Morgan fingerprint density at radius 1 is 1.26 bits per heavy atom. The highest BCUT2D eigenvalue weighted by Crippen LogP contribution is 2.28. The number of benzene rings is 1. The van der Waals surface area contributed by atoms with Crippen molar-refractivity contribution in [2.75, 3.05) is 37.7 Å². The molecule has 23 heavy (non-hydrogen) atoms. The van der Waals surface area contributed by atoms with Gasteiger partial charge in [0.25, 0.3) is 5.91 Å². The first-order chi connectivity index (χ1) is 11.2. The van der Waals surface area contributed by atoms with Crippen molar-refractivity contribution in [3.63, 3.8) is 0 Å².